The summed E-state index contributed by atoms with van der Waals surface area (Å²) in [7, 11) is -4.31. The van der Waals surface area contributed by atoms with E-state index in [9.17, 15) is 28.2 Å². The summed E-state index contributed by atoms with van der Waals surface area (Å²) in [6.45, 7) is 6.70. The second-order valence-corrected chi connectivity index (χ2v) is 11.4. The van der Waals surface area contributed by atoms with Crippen molar-refractivity contribution in [3.05, 3.63) is 95.1 Å². The molecule has 4 aromatic carbocycles. The maximum absolute atomic E-state index is 14.0. The third-order valence-electron chi connectivity index (χ3n) is 6.52. The topological polar surface area (TPSA) is 130 Å². The van der Waals surface area contributed by atoms with Crippen LogP contribution in [-0.2, 0) is 19.6 Å². The molecule has 0 saturated carbocycles. The summed E-state index contributed by atoms with van der Waals surface area (Å²) in [5.41, 5.74) is 2.40. The Morgan fingerprint density at radius 1 is 0.878 bits per heavy atom. The fourth-order valence-corrected chi connectivity index (χ4v) is 6.83. The smallest absolute Gasteiger partial charge is 0.349 e. The molecule has 0 bridgehead atoms. The lowest BCUT2D eigenvalue weighted by molar-refractivity contribution is -0.145. The number of anilines is 1. The zero-order valence-corrected chi connectivity index (χ0v) is 23.9. The van der Waals surface area contributed by atoms with Gasteiger partial charge in [-0.05, 0) is 63.1 Å². The van der Waals surface area contributed by atoms with Gasteiger partial charge in [0.05, 0.1) is 17.2 Å². The molecule has 41 heavy (non-hydrogen) atoms. The summed E-state index contributed by atoms with van der Waals surface area (Å²) >= 11 is 0. The van der Waals surface area contributed by atoms with E-state index in [2.05, 4.69) is 0 Å². The van der Waals surface area contributed by atoms with Crippen LogP contribution in [0.25, 0.3) is 10.8 Å². The molecule has 10 heteroatoms. The number of ether oxygens (including phenoxy) is 2. The predicted octanol–water partition coefficient (Wildman–Crippen LogP) is 5.65. The van der Waals surface area contributed by atoms with Crippen molar-refractivity contribution in [2.75, 3.05) is 17.5 Å². The van der Waals surface area contributed by atoms with Gasteiger partial charge in [0.15, 0.2) is 0 Å². The van der Waals surface area contributed by atoms with E-state index in [0.717, 1.165) is 9.87 Å². The summed E-state index contributed by atoms with van der Waals surface area (Å²) < 4.78 is 40.3. The summed E-state index contributed by atoms with van der Waals surface area (Å²) in [5.74, 6) is -1.76. The van der Waals surface area contributed by atoms with E-state index >= 15 is 0 Å². The minimum Gasteiger partial charge on any atom is -0.494 e. The molecule has 0 amide bonds. The van der Waals surface area contributed by atoms with Crippen molar-refractivity contribution < 1.29 is 37.7 Å². The molecule has 0 radical (unpaired) electrons. The second kappa shape index (κ2) is 11.9. The molecule has 0 aromatic heterocycles. The van der Waals surface area contributed by atoms with Gasteiger partial charge in [-0.25, -0.2) is 13.2 Å². The maximum Gasteiger partial charge on any atom is 0.349 e. The van der Waals surface area contributed by atoms with Crippen LogP contribution < -0.4 is 13.8 Å². The van der Waals surface area contributed by atoms with Crippen molar-refractivity contribution in [1.82, 2.24) is 0 Å². The molecule has 4 rings (SSSR count). The van der Waals surface area contributed by atoms with Crippen LogP contribution >= 0.6 is 0 Å². The largest absolute Gasteiger partial charge is 0.494 e. The number of carboxylic acids is 2. The van der Waals surface area contributed by atoms with Gasteiger partial charge in [-0.3, -0.25) is 9.10 Å². The first-order valence-electron chi connectivity index (χ1n) is 12.9. The van der Waals surface area contributed by atoms with Crippen LogP contribution in [0.4, 0.5) is 5.69 Å². The molecule has 0 spiro atoms. The fourth-order valence-electron chi connectivity index (χ4n) is 4.98. The van der Waals surface area contributed by atoms with E-state index < -0.39 is 34.6 Å². The van der Waals surface area contributed by atoms with Gasteiger partial charge in [0.1, 0.15) is 18.0 Å². The molecular formula is C31H31NO8S. The van der Waals surface area contributed by atoms with Crippen LogP contribution in [0.2, 0.25) is 0 Å². The van der Waals surface area contributed by atoms with Crippen LogP contribution in [-0.4, -0.2) is 43.7 Å². The monoisotopic (exact) mass is 577 g/mol. The minimum atomic E-state index is -4.31. The Hall–Kier alpha value is -4.57. The highest BCUT2D eigenvalue weighted by atomic mass is 32.2. The van der Waals surface area contributed by atoms with Gasteiger partial charge < -0.3 is 19.7 Å². The Bertz CT molecular complexity index is 1690. The number of hydrogen-bond donors (Lipinski definition) is 2. The number of sulfonamides is 1. The lowest BCUT2D eigenvalue weighted by atomic mass is 10.1. The lowest BCUT2D eigenvalue weighted by Gasteiger charge is -2.27. The normalized spacial score (nSPS) is 12.1. The molecule has 0 saturated heterocycles. The number of hydrogen-bond acceptors (Lipinski definition) is 6. The van der Waals surface area contributed by atoms with E-state index in [4.69, 9.17) is 9.47 Å². The van der Waals surface area contributed by atoms with E-state index in [0.29, 0.717) is 39.8 Å². The maximum atomic E-state index is 14.0. The van der Waals surface area contributed by atoms with Gasteiger partial charge in [-0.1, -0.05) is 54.1 Å². The summed E-state index contributed by atoms with van der Waals surface area (Å²) in [6, 6.07) is 19.6. The highest BCUT2D eigenvalue weighted by molar-refractivity contribution is 7.93. The first kappa shape index (κ1) is 29.4. The average Bonchev–Trinajstić information content (AvgIpc) is 2.90. The van der Waals surface area contributed by atoms with Gasteiger partial charge in [0.2, 0.25) is 6.10 Å². The first-order valence-corrected chi connectivity index (χ1v) is 14.3. The number of aliphatic carboxylic acids is 2. The van der Waals surface area contributed by atoms with Crippen molar-refractivity contribution in [2.24, 2.45) is 0 Å². The molecule has 0 heterocycles. The molecule has 1 atom stereocenters. The van der Waals surface area contributed by atoms with Crippen LogP contribution in [0.15, 0.2) is 77.7 Å². The zero-order chi connectivity index (χ0) is 29.9. The van der Waals surface area contributed by atoms with Gasteiger partial charge in [-0.2, -0.15) is 0 Å². The number of aryl methyl sites for hydroxylation is 3. The van der Waals surface area contributed by atoms with Crippen LogP contribution in [0.5, 0.6) is 11.5 Å². The Balaban J connectivity index is 1.83. The molecule has 9 nitrogen and oxygen atoms in total. The van der Waals surface area contributed by atoms with Crippen molar-refractivity contribution in [3.8, 4) is 11.5 Å². The van der Waals surface area contributed by atoms with E-state index in [1.807, 2.05) is 13.8 Å². The van der Waals surface area contributed by atoms with Gasteiger partial charge in [0.25, 0.3) is 10.0 Å². The van der Waals surface area contributed by atoms with E-state index in [1.54, 1.807) is 74.5 Å². The first-order chi connectivity index (χ1) is 19.4. The van der Waals surface area contributed by atoms with Gasteiger partial charge in [-0.15, -0.1) is 0 Å². The number of carboxylic acid groups (broad SMARTS) is 2. The SMILES string of the molecule is CCOc1ccc(C(Oc2ccc(N(CC(=O)O)S(=O)(=O)c3c(C)cc(C)cc3C)c3ccccc23)C(=O)O)cc1. The van der Waals surface area contributed by atoms with Crippen molar-refractivity contribution in [3.63, 3.8) is 0 Å². The molecule has 1 unspecified atom stereocenters. The number of rotatable bonds is 11. The number of carbonyl (C=O) groups is 2. The zero-order valence-electron chi connectivity index (χ0n) is 23.1. The summed E-state index contributed by atoms with van der Waals surface area (Å²) in [6.07, 6.45) is -1.36. The summed E-state index contributed by atoms with van der Waals surface area (Å²) in [4.78, 5) is 24.2. The highest BCUT2D eigenvalue weighted by Gasteiger charge is 2.32. The molecule has 0 aliphatic carbocycles. The Morgan fingerprint density at radius 2 is 1.49 bits per heavy atom. The number of nitrogens with zero attached hydrogens (tertiary/aromatic N) is 1. The van der Waals surface area contributed by atoms with Gasteiger partial charge >= 0.3 is 11.9 Å². The van der Waals surface area contributed by atoms with Crippen molar-refractivity contribution in [2.45, 2.75) is 38.7 Å². The average molecular weight is 578 g/mol. The molecular weight excluding hydrogens is 546 g/mol. The lowest BCUT2D eigenvalue weighted by Crippen LogP contribution is -2.36. The second-order valence-electron chi connectivity index (χ2n) is 9.60. The number of benzene rings is 4. The number of fused-ring (bicyclic) bond motifs is 1. The van der Waals surface area contributed by atoms with Crippen LogP contribution in [0, 0.1) is 20.8 Å². The highest BCUT2D eigenvalue weighted by Crippen LogP contribution is 2.39. The predicted molar refractivity (Wildman–Crippen MR) is 155 cm³/mol. The Kier molecular flexibility index (Phi) is 8.53. The Labute approximate surface area is 238 Å². The molecule has 4 aromatic rings. The Morgan fingerprint density at radius 3 is 2.05 bits per heavy atom. The van der Waals surface area contributed by atoms with Gasteiger partial charge in [0, 0.05) is 16.3 Å². The molecule has 2 N–H and O–H groups in total. The third-order valence-corrected chi connectivity index (χ3v) is 8.59. The van der Waals surface area contributed by atoms with Crippen LogP contribution in [0.3, 0.4) is 0 Å². The van der Waals surface area contributed by atoms with E-state index in [-0.39, 0.29) is 16.3 Å². The molecule has 0 aliphatic rings. The molecule has 214 valence electrons. The van der Waals surface area contributed by atoms with E-state index in [1.165, 1.54) is 12.1 Å². The quantitative estimate of drug-likeness (QED) is 0.234. The fraction of sp³-hybridized carbons (Fsp3) is 0.226. The van der Waals surface area contributed by atoms with Crippen molar-refractivity contribution >= 4 is 38.4 Å². The van der Waals surface area contributed by atoms with Crippen molar-refractivity contribution in [1.29, 1.82) is 0 Å². The minimum absolute atomic E-state index is 0.0372. The summed E-state index contributed by atoms with van der Waals surface area (Å²) in [5, 5.41) is 20.5. The molecule has 0 fully saturated rings. The third kappa shape index (κ3) is 6.12. The standard InChI is InChI=1S/C31H31NO8S/c1-5-39-23-12-10-22(11-13-23)29(31(35)36)40-27-15-14-26(24-8-6-7-9-25(24)27)32(18-28(33)34)41(37,38)30-20(3)16-19(2)17-21(30)4/h6-17,29H,5,18H2,1-4H3,(H,33,34)(H,35,36). The molecule has 0 aliphatic heterocycles. The van der Waals surface area contributed by atoms with Crippen LogP contribution in [0.1, 0.15) is 35.3 Å².